The molecule has 0 spiro atoms. The Morgan fingerprint density at radius 3 is 2.92 bits per heavy atom. The topological polar surface area (TPSA) is 77.8 Å². The Morgan fingerprint density at radius 2 is 2.23 bits per heavy atom. The molecule has 0 saturated heterocycles. The lowest BCUT2D eigenvalue weighted by Crippen LogP contribution is -1.90. The van der Waals surface area contributed by atoms with Crippen LogP contribution in [0.2, 0.25) is 0 Å². The summed E-state index contributed by atoms with van der Waals surface area (Å²) in [6, 6.07) is 0. The lowest BCUT2D eigenvalue weighted by Gasteiger charge is -1.88. The first-order valence-electron chi connectivity index (χ1n) is 4.21. The van der Waals surface area contributed by atoms with Crippen molar-refractivity contribution in [1.29, 1.82) is 0 Å². The molecule has 1 fully saturated rings. The summed E-state index contributed by atoms with van der Waals surface area (Å²) in [4.78, 5) is 12.0. The number of hydrogen-bond acceptors (Lipinski definition) is 5. The van der Waals surface area contributed by atoms with Crippen molar-refractivity contribution >= 4 is 17.0 Å². The number of anilines is 1. The van der Waals surface area contributed by atoms with Crippen molar-refractivity contribution in [3.63, 3.8) is 0 Å². The molecule has 5 heteroatoms. The van der Waals surface area contributed by atoms with Gasteiger partial charge in [0, 0.05) is 5.92 Å². The van der Waals surface area contributed by atoms with Gasteiger partial charge in [-0.3, -0.25) is 0 Å². The maximum absolute atomic E-state index is 5.61. The summed E-state index contributed by atoms with van der Waals surface area (Å²) in [6.45, 7) is 0. The van der Waals surface area contributed by atoms with Crippen molar-refractivity contribution < 1.29 is 4.42 Å². The van der Waals surface area contributed by atoms with Gasteiger partial charge in [0.15, 0.2) is 11.7 Å². The molecule has 0 bridgehead atoms. The van der Waals surface area contributed by atoms with Crippen molar-refractivity contribution in [3.8, 4) is 0 Å². The van der Waals surface area contributed by atoms with E-state index in [1.807, 2.05) is 0 Å². The molecule has 1 aliphatic rings. The molecule has 66 valence electrons. The molecule has 0 radical (unpaired) electrons. The van der Waals surface area contributed by atoms with Gasteiger partial charge in [0.2, 0.25) is 11.2 Å². The summed E-state index contributed by atoms with van der Waals surface area (Å²) in [5, 5.41) is 0. The summed E-state index contributed by atoms with van der Waals surface area (Å²) in [5.41, 5.74) is 6.69. The number of nitrogens with zero attached hydrogens (tertiary/aromatic N) is 3. The first kappa shape index (κ1) is 6.82. The smallest absolute Gasteiger partial charge is 0.215 e. The van der Waals surface area contributed by atoms with Gasteiger partial charge in [0.05, 0.1) is 0 Å². The molecule has 0 amide bonds. The summed E-state index contributed by atoms with van der Waals surface area (Å²) >= 11 is 0. The van der Waals surface area contributed by atoms with Gasteiger partial charge in [0.1, 0.15) is 6.33 Å². The zero-order chi connectivity index (χ0) is 8.84. The Kier molecular flexibility index (Phi) is 1.15. The van der Waals surface area contributed by atoms with Crippen LogP contribution >= 0.6 is 0 Å². The highest BCUT2D eigenvalue weighted by atomic mass is 16.4. The van der Waals surface area contributed by atoms with Crippen molar-refractivity contribution in [2.45, 2.75) is 18.8 Å². The van der Waals surface area contributed by atoms with Crippen LogP contribution in [0.15, 0.2) is 10.7 Å². The molecule has 3 rings (SSSR count). The second-order valence-corrected chi connectivity index (χ2v) is 3.24. The highest BCUT2D eigenvalue weighted by Gasteiger charge is 2.29. The van der Waals surface area contributed by atoms with Gasteiger partial charge in [-0.15, -0.1) is 0 Å². The number of nitrogen functional groups attached to an aromatic ring is 1. The normalized spacial score (nSPS) is 16.6. The minimum absolute atomic E-state index is 0.365. The number of nitrogens with two attached hydrogens (primary N) is 1. The molecular formula is C8H8N4O. The summed E-state index contributed by atoms with van der Waals surface area (Å²) in [6.07, 6.45) is 3.71. The molecule has 1 saturated carbocycles. The van der Waals surface area contributed by atoms with E-state index in [-0.39, 0.29) is 0 Å². The second kappa shape index (κ2) is 2.18. The van der Waals surface area contributed by atoms with E-state index >= 15 is 0 Å². The Morgan fingerprint density at radius 1 is 1.38 bits per heavy atom. The third-order valence-corrected chi connectivity index (χ3v) is 2.16. The van der Waals surface area contributed by atoms with Crippen LogP contribution in [0.25, 0.3) is 11.2 Å². The van der Waals surface area contributed by atoms with Gasteiger partial charge in [-0.25, -0.2) is 9.97 Å². The van der Waals surface area contributed by atoms with Gasteiger partial charge in [-0.2, -0.15) is 4.98 Å². The van der Waals surface area contributed by atoms with E-state index in [9.17, 15) is 0 Å². The Balaban J connectivity index is 2.26. The molecule has 1 aliphatic carbocycles. The van der Waals surface area contributed by atoms with Crippen LogP contribution in [0.4, 0.5) is 5.82 Å². The average Bonchev–Trinajstić information content (AvgIpc) is 2.87. The first-order valence-corrected chi connectivity index (χ1v) is 4.21. The van der Waals surface area contributed by atoms with E-state index in [1.165, 1.54) is 6.33 Å². The highest BCUT2D eigenvalue weighted by molar-refractivity contribution is 5.78. The largest absolute Gasteiger partial charge is 0.435 e. The minimum Gasteiger partial charge on any atom is -0.435 e. The fourth-order valence-corrected chi connectivity index (χ4v) is 1.29. The van der Waals surface area contributed by atoms with Gasteiger partial charge in [-0.1, -0.05) is 0 Å². The standard InChI is InChI=1S/C8H8N4O/c9-6-5-7(11-3-10-6)12-8(13-5)4-1-2-4/h3-4H,1-2H2,(H2,9,10,11). The Bertz CT molecular complexity index is 460. The molecule has 0 aliphatic heterocycles. The van der Waals surface area contributed by atoms with E-state index in [0.717, 1.165) is 18.7 Å². The van der Waals surface area contributed by atoms with E-state index in [2.05, 4.69) is 15.0 Å². The van der Waals surface area contributed by atoms with Crippen LogP contribution in [-0.2, 0) is 0 Å². The van der Waals surface area contributed by atoms with Crippen molar-refractivity contribution in [3.05, 3.63) is 12.2 Å². The molecule has 0 aromatic carbocycles. The summed E-state index contributed by atoms with van der Waals surface area (Å²) in [5.74, 6) is 1.60. The van der Waals surface area contributed by atoms with Gasteiger partial charge in [-0.05, 0) is 12.8 Å². The summed E-state index contributed by atoms with van der Waals surface area (Å²) < 4.78 is 5.46. The average molecular weight is 176 g/mol. The molecule has 2 N–H and O–H groups in total. The van der Waals surface area contributed by atoms with E-state index < -0.39 is 0 Å². The quantitative estimate of drug-likeness (QED) is 0.703. The van der Waals surface area contributed by atoms with Crippen LogP contribution in [0.5, 0.6) is 0 Å². The molecule has 0 atom stereocenters. The number of rotatable bonds is 1. The van der Waals surface area contributed by atoms with Gasteiger partial charge < -0.3 is 10.2 Å². The van der Waals surface area contributed by atoms with Crippen molar-refractivity contribution in [2.24, 2.45) is 0 Å². The molecule has 2 aromatic rings. The van der Waals surface area contributed by atoms with Crippen LogP contribution in [0.3, 0.4) is 0 Å². The van der Waals surface area contributed by atoms with Gasteiger partial charge in [0.25, 0.3) is 0 Å². The number of hydrogen-bond donors (Lipinski definition) is 1. The lowest BCUT2D eigenvalue weighted by atomic mass is 10.4. The maximum atomic E-state index is 5.61. The SMILES string of the molecule is Nc1ncnc2nc(C3CC3)oc12. The maximum Gasteiger partial charge on any atom is 0.215 e. The van der Waals surface area contributed by atoms with Crippen LogP contribution < -0.4 is 5.73 Å². The number of aromatic nitrogens is 3. The minimum atomic E-state index is 0.365. The third-order valence-electron chi connectivity index (χ3n) is 2.16. The molecule has 2 aromatic heterocycles. The van der Waals surface area contributed by atoms with Crippen LogP contribution in [0, 0.1) is 0 Å². The molecule has 2 heterocycles. The monoisotopic (exact) mass is 176 g/mol. The Hall–Kier alpha value is -1.65. The molecule has 0 unspecified atom stereocenters. The number of fused-ring (bicyclic) bond motifs is 1. The first-order chi connectivity index (χ1) is 6.34. The van der Waals surface area contributed by atoms with Gasteiger partial charge >= 0.3 is 0 Å². The lowest BCUT2D eigenvalue weighted by molar-refractivity contribution is 0.533. The molecule has 13 heavy (non-hydrogen) atoms. The second-order valence-electron chi connectivity index (χ2n) is 3.24. The fraction of sp³-hybridized carbons (Fsp3) is 0.375. The molecule has 5 nitrogen and oxygen atoms in total. The molecular weight excluding hydrogens is 168 g/mol. The zero-order valence-electron chi connectivity index (χ0n) is 6.90. The van der Waals surface area contributed by atoms with E-state index in [4.69, 9.17) is 10.2 Å². The van der Waals surface area contributed by atoms with Crippen molar-refractivity contribution in [1.82, 2.24) is 15.0 Å². The zero-order valence-corrected chi connectivity index (χ0v) is 6.90. The Labute approximate surface area is 74.0 Å². The summed E-state index contributed by atoms with van der Waals surface area (Å²) in [7, 11) is 0. The van der Waals surface area contributed by atoms with E-state index in [0.29, 0.717) is 23.0 Å². The van der Waals surface area contributed by atoms with Crippen LogP contribution in [-0.4, -0.2) is 15.0 Å². The van der Waals surface area contributed by atoms with Crippen molar-refractivity contribution in [2.75, 3.05) is 5.73 Å². The fourth-order valence-electron chi connectivity index (χ4n) is 1.29. The predicted molar refractivity (Wildman–Crippen MR) is 46.0 cm³/mol. The third kappa shape index (κ3) is 0.965. The van der Waals surface area contributed by atoms with Crippen LogP contribution in [0.1, 0.15) is 24.7 Å². The predicted octanol–water partition coefficient (Wildman–Crippen LogP) is 1.08. The number of oxazole rings is 1. The highest BCUT2D eigenvalue weighted by Crippen LogP contribution is 2.40. The van der Waals surface area contributed by atoms with E-state index in [1.54, 1.807) is 0 Å².